The Bertz CT molecular complexity index is 306. The van der Waals surface area contributed by atoms with E-state index in [1.54, 1.807) is 0 Å². The first-order chi connectivity index (χ1) is 7.90. The third-order valence-electron chi connectivity index (χ3n) is 2.87. The van der Waals surface area contributed by atoms with Crippen molar-refractivity contribution in [1.82, 2.24) is 0 Å². The van der Waals surface area contributed by atoms with E-state index in [0.717, 1.165) is 12.8 Å². The van der Waals surface area contributed by atoms with Gasteiger partial charge in [0, 0.05) is 12.8 Å². The average Bonchev–Trinajstić information content (AvgIpc) is 2.19. The smallest absolute Gasteiger partial charge is 0.123 e. The maximum atomic E-state index is 4.92. The predicted molar refractivity (Wildman–Crippen MR) is 55.5 cm³/mol. The summed E-state index contributed by atoms with van der Waals surface area (Å²) < 4.78 is 0. The second-order valence-corrected chi connectivity index (χ2v) is 4.23. The predicted octanol–water partition coefficient (Wildman–Crippen LogP) is 1.43. The van der Waals surface area contributed by atoms with E-state index in [1.807, 2.05) is 0 Å². The summed E-state index contributed by atoms with van der Waals surface area (Å²) in [5.74, 6) is 0. The highest BCUT2D eigenvalue weighted by Crippen LogP contribution is 2.17. The van der Waals surface area contributed by atoms with Crippen LogP contribution in [0.25, 0.3) is 0 Å². The van der Waals surface area contributed by atoms with Gasteiger partial charge >= 0.3 is 0 Å². The van der Waals surface area contributed by atoms with Crippen LogP contribution in [0.4, 0.5) is 0 Å². The van der Waals surface area contributed by atoms with E-state index in [0.29, 0.717) is 13.2 Å². The molecule has 4 heteroatoms. The summed E-state index contributed by atoms with van der Waals surface area (Å²) in [6.07, 6.45) is 2.30. The lowest BCUT2D eigenvalue weighted by Crippen LogP contribution is -2.33. The molecule has 86 valence electrons. The van der Waals surface area contributed by atoms with Crippen LogP contribution in [0.3, 0.4) is 0 Å². The maximum Gasteiger partial charge on any atom is 0.123 e. The normalized spacial score (nSPS) is 28.2. The largest absolute Gasteiger partial charge is 0.233 e. The summed E-state index contributed by atoms with van der Waals surface area (Å²) in [6.45, 7) is 1.41. The van der Waals surface area contributed by atoms with Crippen LogP contribution in [0.15, 0.2) is 24.3 Å². The van der Waals surface area contributed by atoms with Gasteiger partial charge < -0.3 is 0 Å². The zero-order chi connectivity index (χ0) is 10.8. The van der Waals surface area contributed by atoms with Crippen LogP contribution in [0.1, 0.15) is 11.1 Å². The highest BCUT2D eigenvalue weighted by atomic mass is 17.2. The summed E-state index contributed by atoms with van der Waals surface area (Å²) in [5.41, 5.74) is 2.56. The van der Waals surface area contributed by atoms with Gasteiger partial charge in [0.05, 0.1) is 0 Å². The summed E-state index contributed by atoms with van der Waals surface area (Å²) in [6, 6.07) is 8.54. The van der Waals surface area contributed by atoms with Crippen molar-refractivity contribution in [3.05, 3.63) is 35.4 Å². The molecule has 16 heavy (non-hydrogen) atoms. The molecule has 0 N–H and O–H groups in total. The lowest BCUT2D eigenvalue weighted by Gasteiger charge is -2.25. The van der Waals surface area contributed by atoms with E-state index in [1.165, 1.54) is 11.1 Å². The average molecular weight is 222 g/mol. The van der Waals surface area contributed by atoms with Gasteiger partial charge in [-0.25, -0.2) is 19.6 Å². The van der Waals surface area contributed by atoms with E-state index in [9.17, 15) is 0 Å². The van der Waals surface area contributed by atoms with Gasteiger partial charge in [-0.3, -0.25) is 0 Å². The van der Waals surface area contributed by atoms with E-state index >= 15 is 0 Å². The molecule has 2 saturated heterocycles. The molecule has 0 spiro atoms. The van der Waals surface area contributed by atoms with E-state index in [2.05, 4.69) is 34.0 Å². The van der Waals surface area contributed by atoms with Gasteiger partial charge in [-0.2, -0.15) is 0 Å². The summed E-state index contributed by atoms with van der Waals surface area (Å²) in [5, 5.41) is 0. The van der Waals surface area contributed by atoms with Crippen molar-refractivity contribution in [1.29, 1.82) is 0 Å². The molecule has 2 aliphatic rings. The molecule has 2 aliphatic heterocycles. The van der Waals surface area contributed by atoms with Gasteiger partial charge in [-0.1, -0.05) is 24.3 Å². The van der Waals surface area contributed by atoms with Crippen molar-refractivity contribution in [2.75, 3.05) is 13.2 Å². The van der Waals surface area contributed by atoms with Crippen LogP contribution in [0.2, 0.25) is 0 Å². The van der Waals surface area contributed by atoms with Crippen LogP contribution < -0.4 is 0 Å². The van der Waals surface area contributed by atoms with Crippen LogP contribution in [-0.2, 0) is 32.4 Å². The van der Waals surface area contributed by atoms with Gasteiger partial charge in [0.2, 0.25) is 0 Å². The first-order valence-electron chi connectivity index (χ1n) is 5.54. The standard InChI is InChI=1S/C12H14O4/c1-2-10(6-12-8-14-16-12)4-3-9(1)5-11-7-13-15-11/h1-4,11-12H,5-8H2. The van der Waals surface area contributed by atoms with E-state index in [-0.39, 0.29) is 12.2 Å². The minimum absolute atomic E-state index is 0.231. The van der Waals surface area contributed by atoms with E-state index in [4.69, 9.17) is 9.78 Å². The minimum Gasteiger partial charge on any atom is -0.233 e. The van der Waals surface area contributed by atoms with Gasteiger partial charge in [-0.05, 0) is 11.1 Å². The highest BCUT2D eigenvalue weighted by Gasteiger charge is 2.22. The molecule has 2 atom stereocenters. The van der Waals surface area contributed by atoms with Crippen molar-refractivity contribution < 1.29 is 19.6 Å². The molecule has 3 rings (SSSR count). The van der Waals surface area contributed by atoms with Gasteiger partial charge in [0.25, 0.3) is 0 Å². The second kappa shape index (κ2) is 4.51. The molecular weight excluding hydrogens is 208 g/mol. The van der Waals surface area contributed by atoms with Crippen molar-refractivity contribution in [2.45, 2.75) is 25.0 Å². The summed E-state index contributed by atoms with van der Waals surface area (Å²) in [7, 11) is 0. The van der Waals surface area contributed by atoms with Crippen molar-refractivity contribution >= 4 is 0 Å². The fourth-order valence-corrected chi connectivity index (χ4v) is 1.85. The molecule has 0 bridgehead atoms. The Balaban J connectivity index is 1.55. The molecular formula is C12H14O4. The van der Waals surface area contributed by atoms with Crippen LogP contribution in [0.5, 0.6) is 0 Å². The molecule has 0 amide bonds. The Morgan fingerprint density at radius 2 is 1.19 bits per heavy atom. The Morgan fingerprint density at radius 3 is 1.44 bits per heavy atom. The van der Waals surface area contributed by atoms with Gasteiger partial charge in [0.1, 0.15) is 25.4 Å². The first-order valence-corrected chi connectivity index (χ1v) is 5.54. The molecule has 1 aromatic carbocycles. The van der Waals surface area contributed by atoms with E-state index < -0.39 is 0 Å². The minimum atomic E-state index is 0.231. The Kier molecular flexibility index (Phi) is 2.88. The highest BCUT2D eigenvalue weighted by molar-refractivity contribution is 5.23. The Hall–Kier alpha value is -0.940. The maximum absolute atomic E-state index is 4.92. The topological polar surface area (TPSA) is 36.9 Å². The molecule has 2 fully saturated rings. The molecule has 0 aliphatic carbocycles. The second-order valence-electron chi connectivity index (χ2n) is 4.23. The molecule has 1 aromatic rings. The Labute approximate surface area is 93.9 Å². The molecule has 0 radical (unpaired) electrons. The summed E-state index contributed by atoms with van der Waals surface area (Å²) >= 11 is 0. The third-order valence-corrected chi connectivity index (χ3v) is 2.87. The number of rotatable bonds is 4. The first kappa shape index (κ1) is 10.2. The lowest BCUT2D eigenvalue weighted by atomic mass is 10.0. The third kappa shape index (κ3) is 2.25. The zero-order valence-corrected chi connectivity index (χ0v) is 8.93. The molecule has 2 heterocycles. The van der Waals surface area contributed by atoms with Crippen LogP contribution >= 0.6 is 0 Å². The fourth-order valence-electron chi connectivity index (χ4n) is 1.85. The summed E-state index contributed by atoms with van der Waals surface area (Å²) in [4.78, 5) is 19.2. The number of hydrogen-bond acceptors (Lipinski definition) is 4. The van der Waals surface area contributed by atoms with Crippen molar-refractivity contribution in [3.8, 4) is 0 Å². The zero-order valence-electron chi connectivity index (χ0n) is 8.93. The molecule has 2 unspecified atom stereocenters. The fraction of sp³-hybridized carbons (Fsp3) is 0.500. The Morgan fingerprint density at radius 1 is 0.812 bits per heavy atom. The molecule has 0 aromatic heterocycles. The van der Waals surface area contributed by atoms with Gasteiger partial charge in [0.15, 0.2) is 0 Å². The van der Waals surface area contributed by atoms with Crippen molar-refractivity contribution in [2.24, 2.45) is 0 Å². The van der Waals surface area contributed by atoms with Crippen molar-refractivity contribution in [3.63, 3.8) is 0 Å². The lowest BCUT2D eigenvalue weighted by molar-refractivity contribution is -0.423. The van der Waals surface area contributed by atoms with Crippen LogP contribution in [-0.4, -0.2) is 25.4 Å². The van der Waals surface area contributed by atoms with Gasteiger partial charge in [-0.15, -0.1) is 0 Å². The SMILES string of the molecule is c1cc(CC2COO2)ccc1CC1COO1. The quantitative estimate of drug-likeness (QED) is 0.722. The number of benzene rings is 1. The monoisotopic (exact) mass is 222 g/mol. The van der Waals surface area contributed by atoms with Crippen LogP contribution in [0, 0.1) is 0 Å². The molecule has 4 nitrogen and oxygen atoms in total. The number of hydrogen-bond donors (Lipinski definition) is 0. The molecule has 0 saturated carbocycles.